The number of nitrogens with one attached hydrogen (secondary N) is 1. The van der Waals surface area contributed by atoms with Crippen LogP contribution in [-0.2, 0) is 23.3 Å². The average Bonchev–Trinajstić information content (AvgIpc) is 3.99. The molecule has 2 unspecified atom stereocenters. The molecule has 0 spiro atoms. The molecule has 5 aromatic rings. The van der Waals surface area contributed by atoms with Crippen LogP contribution in [0.25, 0.3) is 33.1 Å². The third-order valence-electron chi connectivity index (χ3n) is 17.4. The Bertz CT molecular complexity index is 2540. The molecule has 2 atom stereocenters. The molecule has 70 heavy (non-hydrogen) atoms. The van der Waals surface area contributed by atoms with Crippen LogP contribution in [0.4, 0.5) is 11.4 Å². The Morgan fingerprint density at radius 2 is 0.929 bits per heavy atom. The van der Waals surface area contributed by atoms with Crippen LogP contribution >= 0.6 is 0 Å². The van der Waals surface area contributed by atoms with E-state index in [4.69, 9.17) is 12.4 Å². The molecular weight excluding hydrogens is 877 g/mol. The maximum atomic E-state index is 16.5. The minimum Gasteiger partial charge on any atom is -0.386 e. The zero-order valence-corrected chi connectivity index (χ0v) is 47.6. The molecule has 0 aliphatic heterocycles. The third-order valence-corrected chi connectivity index (χ3v) is 17.6. The van der Waals surface area contributed by atoms with E-state index >= 15 is 9.59 Å². The van der Waals surface area contributed by atoms with Gasteiger partial charge in [0.15, 0.2) is 0 Å². The number of benzene rings is 1. The highest BCUT2D eigenvalue weighted by Crippen LogP contribution is 2.47. The smallest absolute Gasteiger partial charge is 0.264 e. The summed E-state index contributed by atoms with van der Waals surface area (Å²) in [6.45, 7) is 27.3. The fourth-order valence-corrected chi connectivity index (χ4v) is 11.8. The summed E-state index contributed by atoms with van der Waals surface area (Å²) in [5.41, 5.74) is 9.02. The van der Waals surface area contributed by atoms with Gasteiger partial charge in [0.05, 0.1) is 33.2 Å². The van der Waals surface area contributed by atoms with Gasteiger partial charge in [-0.1, -0.05) is 224 Å². The Morgan fingerprint density at radius 1 is 0.529 bits per heavy atom. The number of unbranched alkanes of at least 4 members (excludes halogenated alkanes) is 16. The van der Waals surface area contributed by atoms with Gasteiger partial charge in [0.25, 0.3) is 11.1 Å². The first-order chi connectivity index (χ1) is 33.6. The van der Waals surface area contributed by atoms with Crippen molar-refractivity contribution >= 4 is 45.6 Å². The molecule has 0 saturated carbocycles. The van der Waals surface area contributed by atoms with Gasteiger partial charge in [-0.25, -0.2) is 0 Å². The minimum absolute atomic E-state index is 0.00555. The van der Waals surface area contributed by atoms with E-state index in [-0.39, 0.29) is 33.8 Å². The number of fused-ring (bicyclic) bond motifs is 3. The molecule has 0 aliphatic rings. The van der Waals surface area contributed by atoms with Gasteiger partial charge in [0.1, 0.15) is 5.69 Å². The lowest BCUT2D eigenvalue weighted by Gasteiger charge is -2.32. The third kappa shape index (κ3) is 12.6. The molecular formula is C63H98N4O2S. The zero-order valence-electron chi connectivity index (χ0n) is 46.8. The van der Waals surface area contributed by atoms with Crippen LogP contribution in [0, 0.1) is 11.8 Å². The number of hydrogen-bond acceptors (Lipinski definition) is 5. The first-order valence-electron chi connectivity index (χ1n) is 28.8. The second kappa shape index (κ2) is 26.9. The first kappa shape index (κ1) is 57.3. The molecule has 6 nitrogen and oxygen atoms in total. The normalized spacial score (nSPS) is 13.5. The number of aromatic nitrogens is 2. The van der Waals surface area contributed by atoms with E-state index in [9.17, 15) is 0 Å². The Kier molecular flexibility index (Phi) is 22.0. The Labute approximate surface area is 431 Å². The molecule has 0 fully saturated rings. The molecule has 0 amide bonds. The van der Waals surface area contributed by atoms with Gasteiger partial charge < -0.3 is 5.32 Å². The quantitative estimate of drug-likeness (QED) is 0.0425. The fourth-order valence-electron chi connectivity index (χ4n) is 11.6. The second-order valence-corrected chi connectivity index (χ2v) is 23.4. The van der Waals surface area contributed by atoms with Crippen molar-refractivity contribution < 1.29 is 0 Å². The lowest BCUT2D eigenvalue weighted by Crippen LogP contribution is -2.32. The van der Waals surface area contributed by atoms with Crippen molar-refractivity contribution in [2.24, 2.45) is 16.2 Å². The van der Waals surface area contributed by atoms with Crippen molar-refractivity contribution in [3.8, 4) is 11.3 Å². The van der Waals surface area contributed by atoms with E-state index in [0.717, 1.165) is 107 Å². The van der Waals surface area contributed by atoms with Crippen molar-refractivity contribution in [1.82, 2.24) is 8.80 Å². The molecule has 1 aromatic carbocycles. The van der Waals surface area contributed by atoms with Crippen molar-refractivity contribution in [3.63, 3.8) is 0 Å². The summed E-state index contributed by atoms with van der Waals surface area (Å²) in [5, 5.41) is 4.91. The van der Waals surface area contributed by atoms with Gasteiger partial charge in [0.2, 0.25) is 0 Å². The van der Waals surface area contributed by atoms with Gasteiger partial charge in [-0.05, 0) is 95.7 Å². The van der Waals surface area contributed by atoms with Crippen LogP contribution in [0.5, 0.6) is 0 Å². The molecule has 0 saturated heterocycles. The van der Waals surface area contributed by atoms with E-state index < -0.39 is 0 Å². The zero-order chi connectivity index (χ0) is 51.2. The van der Waals surface area contributed by atoms with E-state index in [1.54, 1.807) is 0 Å². The lowest BCUT2D eigenvalue weighted by atomic mass is 9.74. The summed E-state index contributed by atoms with van der Waals surface area (Å²) in [5.74, 6) is 0.920. The summed E-state index contributed by atoms with van der Waals surface area (Å²) in [6.07, 6.45) is 28.0. The molecule has 388 valence electrons. The van der Waals surface area contributed by atoms with Gasteiger partial charge in [0, 0.05) is 36.1 Å². The minimum atomic E-state index is -0.273. The summed E-state index contributed by atoms with van der Waals surface area (Å²) in [4.78, 5) is 32.7. The maximum absolute atomic E-state index is 16.5. The molecule has 0 aliphatic carbocycles. The van der Waals surface area contributed by atoms with Crippen molar-refractivity contribution in [3.05, 3.63) is 79.5 Å². The molecule has 4 heterocycles. The first-order valence-corrected chi connectivity index (χ1v) is 29.2. The highest BCUT2D eigenvalue weighted by Gasteiger charge is 2.35. The van der Waals surface area contributed by atoms with Gasteiger partial charge >= 0.3 is 0 Å². The monoisotopic (exact) mass is 975 g/mol. The van der Waals surface area contributed by atoms with Crippen molar-refractivity contribution in [1.29, 1.82) is 0 Å². The summed E-state index contributed by atoms with van der Waals surface area (Å²) in [7, 11) is 1.95. The van der Waals surface area contributed by atoms with E-state index in [1.807, 2.05) is 11.4 Å². The van der Waals surface area contributed by atoms with E-state index in [0.29, 0.717) is 22.6 Å². The number of hydrogen-bond donors (Lipinski definition) is 1. The number of rotatable bonds is 33. The van der Waals surface area contributed by atoms with Gasteiger partial charge in [-0.2, -0.15) is 4.36 Å². The van der Waals surface area contributed by atoms with Crippen LogP contribution in [0.2, 0.25) is 0 Å². The largest absolute Gasteiger partial charge is 0.386 e. The van der Waals surface area contributed by atoms with Crippen LogP contribution in [0.15, 0.2) is 50.3 Å². The number of pyridine rings is 2. The Morgan fingerprint density at radius 3 is 1.36 bits per heavy atom. The summed E-state index contributed by atoms with van der Waals surface area (Å²) < 4.78 is 8.72. The maximum Gasteiger partial charge on any atom is 0.264 e. The van der Waals surface area contributed by atoms with Crippen LogP contribution in [0.3, 0.4) is 0 Å². The SMILES string of the molecule is CCCCCCCCC(CCCCCC)c1c2c(=O)n3c(C(C)(C)C(C)C)ccc3c(C(CCCCCC)CCCCCCCC)c2c(=O)n2c(-c3ccc(C(C)(C)C(C)C)c(N=S)c3NC)ccc12. The predicted octanol–water partition coefficient (Wildman–Crippen LogP) is 19.1. The number of anilines is 1. The Balaban J connectivity index is 2.00. The molecule has 0 bridgehead atoms. The lowest BCUT2D eigenvalue weighted by molar-refractivity contribution is 0.359. The molecule has 7 heteroatoms. The van der Waals surface area contributed by atoms with E-state index in [2.05, 4.69) is 134 Å². The van der Waals surface area contributed by atoms with Gasteiger partial charge in [-0.15, -0.1) is 0 Å². The fraction of sp³-hybridized carbons (Fsp3) is 0.683. The van der Waals surface area contributed by atoms with Crippen LogP contribution in [0.1, 0.15) is 271 Å². The van der Waals surface area contributed by atoms with Gasteiger partial charge in [-0.3, -0.25) is 18.4 Å². The highest BCUT2D eigenvalue weighted by molar-refractivity contribution is 7.47. The summed E-state index contributed by atoms with van der Waals surface area (Å²) in [6, 6.07) is 13.2. The van der Waals surface area contributed by atoms with E-state index in [1.165, 1.54) is 103 Å². The summed E-state index contributed by atoms with van der Waals surface area (Å²) >= 11 is 5.62. The van der Waals surface area contributed by atoms with Crippen molar-refractivity contribution in [2.75, 3.05) is 12.4 Å². The number of nitrogens with zero attached hydrogens (tertiary/aromatic N) is 3. The predicted molar refractivity (Wildman–Crippen MR) is 309 cm³/mol. The second-order valence-electron chi connectivity index (χ2n) is 23.2. The average molecular weight is 976 g/mol. The standard InChI is InChI=1S/C63H98N4O2S/c1-14-18-22-26-28-32-36-46(34-30-24-20-16-3)54-51-41-40-50(48-38-39-49(62(9,10)44(5)6)59(65-70)58(48)64-13)66(51)60(68)56-55(47(35-31-25-21-17-4)37-33-29-27-23-19-15-2)52-42-43-53(63(11,12)45(7)8)67(52)61(69)57(54)56/h38-47,64H,14-37H2,1-13H3. The van der Waals surface area contributed by atoms with Crippen LogP contribution < -0.4 is 16.4 Å². The van der Waals surface area contributed by atoms with Crippen LogP contribution in [-0.4, -0.2) is 15.8 Å². The topological polar surface area (TPSA) is 67.3 Å². The molecule has 5 rings (SSSR count). The molecule has 0 radical (unpaired) electrons. The highest BCUT2D eigenvalue weighted by atomic mass is 32.1. The Hall–Kier alpha value is -3.58. The molecule has 1 N–H and O–H groups in total. The van der Waals surface area contributed by atoms with Crippen molar-refractivity contribution in [2.45, 2.75) is 260 Å². The molecule has 4 aromatic heterocycles.